The molecule has 1 atom stereocenters. The first-order valence-electron chi connectivity index (χ1n) is 5.74. The van der Waals surface area contributed by atoms with Crippen LogP contribution >= 0.6 is 0 Å². The zero-order chi connectivity index (χ0) is 11.4. The first kappa shape index (κ1) is 11.0. The number of fused-ring (bicyclic) bond motifs is 1. The zero-order valence-electron chi connectivity index (χ0n) is 9.79. The number of ether oxygens (including phenoxy) is 1. The predicted octanol–water partition coefficient (Wildman–Crippen LogP) is 1.88. The third-order valence-electron chi connectivity index (χ3n) is 2.78. The van der Waals surface area contributed by atoms with E-state index in [9.17, 15) is 0 Å². The number of nitrogens with one attached hydrogen (secondary N) is 2. The smallest absolute Gasteiger partial charge is 0.242 e. The lowest BCUT2D eigenvalue weighted by Crippen LogP contribution is -2.33. The number of methoxy groups -OCH3 is 1. The maximum Gasteiger partial charge on any atom is 0.242 e. The molecule has 1 unspecified atom stereocenters. The highest BCUT2D eigenvalue weighted by atomic mass is 16.5. The summed E-state index contributed by atoms with van der Waals surface area (Å²) >= 11 is 0. The molecule has 1 aliphatic heterocycles. The molecule has 0 fully saturated rings. The Morgan fingerprint density at radius 2 is 2.38 bits per heavy atom. The van der Waals surface area contributed by atoms with Crippen LogP contribution in [0.15, 0.2) is 6.33 Å². The predicted molar refractivity (Wildman–Crippen MR) is 64.0 cm³/mol. The summed E-state index contributed by atoms with van der Waals surface area (Å²) in [5.41, 5.74) is 0.873. The molecular weight excluding hydrogens is 204 g/mol. The quantitative estimate of drug-likeness (QED) is 0.814. The Labute approximate surface area is 95.6 Å². The van der Waals surface area contributed by atoms with Crippen molar-refractivity contribution in [3.05, 3.63) is 6.33 Å². The van der Waals surface area contributed by atoms with Crippen molar-refractivity contribution in [2.45, 2.75) is 32.2 Å². The van der Waals surface area contributed by atoms with Crippen LogP contribution in [0.2, 0.25) is 0 Å². The monoisotopic (exact) mass is 222 g/mol. The summed E-state index contributed by atoms with van der Waals surface area (Å²) in [6, 6.07) is 0.451. The molecule has 5 heteroatoms. The van der Waals surface area contributed by atoms with Crippen molar-refractivity contribution in [2.75, 3.05) is 24.3 Å². The fraction of sp³-hybridized carbons (Fsp3) is 0.636. The lowest BCUT2D eigenvalue weighted by atomic mass is 10.1. The molecule has 0 aliphatic carbocycles. The first-order valence-corrected chi connectivity index (χ1v) is 5.74. The molecule has 0 aromatic carbocycles. The maximum absolute atomic E-state index is 5.18. The summed E-state index contributed by atoms with van der Waals surface area (Å²) in [5.74, 6) is 1.45. The van der Waals surface area contributed by atoms with Crippen LogP contribution in [0.4, 0.5) is 11.5 Å². The Bertz CT molecular complexity index is 356. The Kier molecular flexibility index (Phi) is 3.44. The van der Waals surface area contributed by atoms with Gasteiger partial charge in [0.25, 0.3) is 0 Å². The second-order valence-electron chi connectivity index (χ2n) is 3.97. The van der Waals surface area contributed by atoms with Crippen LogP contribution in [0.25, 0.3) is 0 Å². The number of nitrogens with zero attached hydrogens (tertiary/aromatic N) is 2. The molecule has 88 valence electrons. The molecule has 0 amide bonds. The lowest BCUT2D eigenvalue weighted by Gasteiger charge is -2.27. The molecule has 0 saturated heterocycles. The van der Waals surface area contributed by atoms with Gasteiger partial charge in [-0.15, -0.1) is 0 Å². The molecule has 2 heterocycles. The van der Waals surface area contributed by atoms with Crippen LogP contribution in [-0.4, -0.2) is 29.7 Å². The summed E-state index contributed by atoms with van der Waals surface area (Å²) in [6.45, 7) is 3.10. The van der Waals surface area contributed by atoms with Crippen molar-refractivity contribution in [2.24, 2.45) is 0 Å². The molecule has 0 bridgehead atoms. The van der Waals surface area contributed by atoms with Crippen molar-refractivity contribution in [3.63, 3.8) is 0 Å². The van der Waals surface area contributed by atoms with Crippen molar-refractivity contribution in [3.8, 4) is 5.88 Å². The fourth-order valence-electron chi connectivity index (χ4n) is 1.89. The van der Waals surface area contributed by atoms with E-state index in [4.69, 9.17) is 4.74 Å². The van der Waals surface area contributed by atoms with Gasteiger partial charge in [-0.2, -0.15) is 4.98 Å². The molecule has 2 N–H and O–H groups in total. The summed E-state index contributed by atoms with van der Waals surface area (Å²) < 4.78 is 5.18. The second kappa shape index (κ2) is 5.01. The zero-order valence-corrected chi connectivity index (χ0v) is 9.79. The molecule has 2 rings (SSSR count). The topological polar surface area (TPSA) is 59.1 Å². The van der Waals surface area contributed by atoms with Crippen molar-refractivity contribution in [1.29, 1.82) is 0 Å². The number of hydrogen-bond acceptors (Lipinski definition) is 5. The number of rotatable bonds is 4. The van der Waals surface area contributed by atoms with E-state index in [-0.39, 0.29) is 0 Å². The van der Waals surface area contributed by atoms with E-state index in [2.05, 4.69) is 27.5 Å². The maximum atomic E-state index is 5.18. The number of anilines is 2. The molecular formula is C11H18N4O. The molecule has 1 aromatic heterocycles. The highest BCUT2D eigenvalue weighted by molar-refractivity contribution is 5.71. The van der Waals surface area contributed by atoms with Crippen LogP contribution in [0.1, 0.15) is 26.2 Å². The van der Waals surface area contributed by atoms with Gasteiger partial charge in [0.05, 0.1) is 7.11 Å². The van der Waals surface area contributed by atoms with Gasteiger partial charge in [-0.1, -0.05) is 19.8 Å². The van der Waals surface area contributed by atoms with E-state index in [1.54, 1.807) is 7.11 Å². The second-order valence-corrected chi connectivity index (χ2v) is 3.97. The summed E-state index contributed by atoms with van der Waals surface area (Å²) in [5, 5.41) is 6.74. The summed E-state index contributed by atoms with van der Waals surface area (Å²) in [6.07, 6.45) is 5.14. The van der Waals surface area contributed by atoms with Crippen LogP contribution in [0.3, 0.4) is 0 Å². The van der Waals surface area contributed by atoms with Gasteiger partial charge in [-0.25, -0.2) is 4.98 Å². The van der Waals surface area contributed by atoms with Gasteiger partial charge in [-0.05, 0) is 6.42 Å². The van der Waals surface area contributed by atoms with E-state index in [1.165, 1.54) is 19.2 Å². The van der Waals surface area contributed by atoms with Crippen molar-refractivity contribution >= 4 is 11.5 Å². The van der Waals surface area contributed by atoms with Gasteiger partial charge in [-0.3, -0.25) is 0 Å². The molecule has 0 spiro atoms. The van der Waals surface area contributed by atoms with E-state index in [1.807, 2.05) is 0 Å². The third-order valence-corrected chi connectivity index (χ3v) is 2.78. The van der Waals surface area contributed by atoms with E-state index in [0.717, 1.165) is 24.5 Å². The Morgan fingerprint density at radius 3 is 3.12 bits per heavy atom. The van der Waals surface area contributed by atoms with Gasteiger partial charge >= 0.3 is 0 Å². The minimum absolute atomic E-state index is 0.451. The van der Waals surface area contributed by atoms with Gasteiger partial charge < -0.3 is 15.4 Å². The highest BCUT2D eigenvalue weighted by Crippen LogP contribution is 2.31. The molecule has 5 nitrogen and oxygen atoms in total. The van der Waals surface area contributed by atoms with Crippen LogP contribution in [-0.2, 0) is 0 Å². The van der Waals surface area contributed by atoms with Gasteiger partial charge in [0.2, 0.25) is 5.88 Å². The van der Waals surface area contributed by atoms with Crippen LogP contribution < -0.4 is 15.4 Å². The Hall–Kier alpha value is -1.52. The SMILES string of the molecule is CCCCC1CNc2c(ncnc2OC)N1. The summed E-state index contributed by atoms with van der Waals surface area (Å²) in [4.78, 5) is 8.28. The standard InChI is InChI=1S/C11H18N4O/c1-3-4-5-8-6-12-9-10(15-8)13-7-14-11(9)16-2/h7-8,12H,3-6H2,1-2H3,(H,13,14,15). The molecule has 1 aliphatic rings. The normalized spacial score (nSPS) is 18.2. The van der Waals surface area contributed by atoms with Crippen LogP contribution in [0.5, 0.6) is 5.88 Å². The fourth-order valence-corrected chi connectivity index (χ4v) is 1.89. The van der Waals surface area contributed by atoms with Gasteiger partial charge in [0, 0.05) is 12.6 Å². The minimum Gasteiger partial charge on any atom is -0.479 e. The molecule has 0 saturated carbocycles. The largest absolute Gasteiger partial charge is 0.479 e. The average Bonchev–Trinajstić information content (AvgIpc) is 2.35. The lowest BCUT2D eigenvalue weighted by molar-refractivity contribution is 0.398. The van der Waals surface area contributed by atoms with Gasteiger partial charge in [0.15, 0.2) is 5.82 Å². The Balaban J connectivity index is 2.09. The highest BCUT2D eigenvalue weighted by Gasteiger charge is 2.21. The molecule has 1 aromatic rings. The number of hydrogen-bond donors (Lipinski definition) is 2. The van der Waals surface area contributed by atoms with Crippen molar-refractivity contribution < 1.29 is 4.74 Å². The average molecular weight is 222 g/mol. The van der Waals surface area contributed by atoms with Gasteiger partial charge in [0.1, 0.15) is 12.0 Å². The van der Waals surface area contributed by atoms with E-state index >= 15 is 0 Å². The van der Waals surface area contributed by atoms with E-state index < -0.39 is 0 Å². The summed E-state index contributed by atoms with van der Waals surface area (Å²) in [7, 11) is 1.62. The molecule has 0 radical (unpaired) electrons. The number of unbranched alkanes of at least 4 members (excludes halogenated alkanes) is 1. The molecule has 16 heavy (non-hydrogen) atoms. The third kappa shape index (κ3) is 2.18. The van der Waals surface area contributed by atoms with Crippen molar-refractivity contribution in [1.82, 2.24) is 9.97 Å². The van der Waals surface area contributed by atoms with E-state index in [0.29, 0.717) is 11.9 Å². The van der Waals surface area contributed by atoms with Crippen LogP contribution in [0, 0.1) is 0 Å². The number of aromatic nitrogens is 2. The Morgan fingerprint density at radius 1 is 1.50 bits per heavy atom. The first-order chi connectivity index (χ1) is 7.85. The minimum atomic E-state index is 0.451.